The van der Waals surface area contributed by atoms with Crippen LogP contribution in [0.4, 0.5) is 0 Å². The standard InChI is InChI=1S/C14H25BO2Si2/c1-18(2,3)16-15(17-19(4,5)6)13-12-14-10-8-7-9-11-14/h7-13H,1-6H3. The van der Waals surface area contributed by atoms with E-state index in [1.54, 1.807) is 0 Å². The molecule has 0 fully saturated rings. The first-order chi connectivity index (χ1) is 8.66. The van der Waals surface area contributed by atoms with Crippen molar-refractivity contribution in [3.05, 3.63) is 41.9 Å². The average Bonchev–Trinajstić information content (AvgIpc) is 2.23. The van der Waals surface area contributed by atoms with E-state index in [-0.39, 0.29) is 7.12 Å². The zero-order chi connectivity index (χ0) is 14.5. The van der Waals surface area contributed by atoms with Crippen LogP contribution in [0.25, 0.3) is 6.08 Å². The van der Waals surface area contributed by atoms with Gasteiger partial charge in [0.05, 0.1) is 0 Å². The van der Waals surface area contributed by atoms with Crippen molar-refractivity contribution in [3.8, 4) is 0 Å². The third kappa shape index (κ3) is 8.21. The Labute approximate surface area is 120 Å². The summed E-state index contributed by atoms with van der Waals surface area (Å²) >= 11 is 0. The van der Waals surface area contributed by atoms with Gasteiger partial charge in [0.25, 0.3) is 0 Å². The van der Waals surface area contributed by atoms with Crippen LogP contribution in [0.5, 0.6) is 0 Å². The van der Waals surface area contributed by atoms with Crippen LogP contribution in [0.3, 0.4) is 0 Å². The lowest BCUT2D eigenvalue weighted by molar-refractivity contribution is 0.435. The van der Waals surface area contributed by atoms with Crippen LogP contribution in [0.15, 0.2) is 36.3 Å². The van der Waals surface area contributed by atoms with Gasteiger partial charge in [0.15, 0.2) is 16.6 Å². The minimum atomic E-state index is -1.61. The molecule has 0 atom stereocenters. The summed E-state index contributed by atoms with van der Waals surface area (Å²) in [6.45, 7) is 13.1. The lowest BCUT2D eigenvalue weighted by Crippen LogP contribution is -2.42. The molecule has 1 rings (SSSR count). The third-order valence-electron chi connectivity index (χ3n) is 2.18. The molecular formula is C14H25BO2Si2. The molecule has 0 N–H and O–H groups in total. The second-order valence-corrected chi connectivity index (χ2v) is 15.5. The van der Waals surface area contributed by atoms with Gasteiger partial charge in [-0.25, -0.2) is 0 Å². The lowest BCUT2D eigenvalue weighted by atomic mass is 9.90. The quantitative estimate of drug-likeness (QED) is 0.722. The van der Waals surface area contributed by atoms with Crippen LogP contribution >= 0.6 is 0 Å². The lowest BCUT2D eigenvalue weighted by Gasteiger charge is -2.27. The third-order valence-corrected chi connectivity index (χ3v) is 4.06. The molecule has 0 radical (unpaired) electrons. The summed E-state index contributed by atoms with van der Waals surface area (Å²) in [6.07, 6.45) is 2.07. The highest BCUT2D eigenvalue weighted by molar-refractivity contribution is 6.82. The van der Waals surface area contributed by atoms with E-state index in [4.69, 9.17) is 8.69 Å². The summed E-state index contributed by atoms with van der Waals surface area (Å²) in [5, 5.41) is 0. The van der Waals surface area contributed by atoms with Gasteiger partial charge in [0.1, 0.15) is 0 Å². The summed E-state index contributed by atoms with van der Waals surface area (Å²) in [7, 11) is -3.45. The van der Waals surface area contributed by atoms with Crippen molar-refractivity contribution in [1.82, 2.24) is 0 Å². The van der Waals surface area contributed by atoms with Gasteiger partial charge < -0.3 is 8.69 Å². The second kappa shape index (κ2) is 6.70. The molecule has 0 saturated heterocycles. The molecule has 0 aliphatic carbocycles. The average molecular weight is 292 g/mol. The van der Waals surface area contributed by atoms with Gasteiger partial charge >= 0.3 is 7.12 Å². The zero-order valence-corrected chi connectivity index (χ0v) is 14.9. The van der Waals surface area contributed by atoms with Crippen molar-refractivity contribution in [3.63, 3.8) is 0 Å². The van der Waals surface area contributed by atoms with E-state index in [0.29, 0.717) is 0 Å². The van der Waals surface area contributed by atoms with Gasteiger partial charge in [0.2, 0.25) is 0 Å². The second-order valence-electron chi connectivity index (χ2n) is 6.60. The van der Waals surface area contributed by atoms with Crippen molar-refractivity contribution < 1.29 is 8.69 Å². The number of rotatable bonds is 6. The van der Waals surface area contributed by atoms with Crippen molar-refractivity contribution in [1.29, 1.82) is 0 Å². The summed E-state index contributed by atoms with van der Waals surface area (Å²) < 4.78 is 12.2. The SMILES string of the molecule is C[Si](C)(C)OB(C=Cc1ccccc1)O[Si](C)(C)C. The van der Waals surface area contributed by atoms with Crippen LogP contribution in [0.2, 0.25) is 39.3 Å². The largest absolute Gasteiger partial charge is 0.464 e. The predicted octanol–water partition coefficient (Wildman–Crippen LogP) is 4.43. The van der Waals surface area contributed by atoms with E-state index in [1.807, 2.05) is 24.2 Å². The predicted molar refractivity (Wildman–Crippen MR) is 90.1 cm³/mol. The highest BCUT2D eigenvalue weighted by atomic mass is 28.4. The molecule has 0 unspecified atom stereocenters. The normalized spacial score (nSPS) is 12.9. The van der Waals surface area contributed by atoms with Crippen LogP contribution in [0.1, 0.15) is 5.56 Å². The Morgan fingerprint density at radius 2 is 1.32 bits per heavy atom. The Morgan fingerprint density at radius 1 is 0.842 bits per heavy atom. The van der Waals surface area contributed by atoms with E-state index in [2.05, 4.69) is 57.5 Å². The molecule has 1 aromatic rings. The highest BCUT2D eigenvalue weighted by Gasteiger charge is 2.29. The Hall–Kier alpha value is -0.621. The van der Waals surface area contributed by atoms with Gasteiger partial charge in [-0.15, -0.1) is 0 Å². The molecule has 0 spiro atoms. The van der Waals surface area contributed by atoms with Crippen molar-refractivity contribution in [2.45, 2.75) is 39.3 Å². The van der Waals surface area contributed by atoms with Gasteiger partial charge in [-0.05, 0) is 44.8 Å². The molecule has 104 valence electrons. The van der Waals surface area contributed by atoms with Crippen molar-refractivity contribution in [2.75, 3.05) is 0 Å². The number of hydrogen-bond acceptors (Lipinski definition) is 2. The van der Waals surface area contributed by atoms with Gasteiger partial charge in [-0.3, -0.25) is 0 Å². The van der Waals surface area contributed by atoms with E-state index in [1.165, 1.54) is 5.56 Å². The Bertz CT molecular complexity index is 392. The molecule has 2 nitrogen and oxygen atoms in total. The monoisotopic (exact) mass is 292 g/mol. The molecule has 0 amide bonds. The van der Waals surface area contributed by atoms with Gasteiger partial charge in [-0.1, -0.05) is 42.4 Å². The Morgan fingerprint density at radius 3 is 1.74 bits per heavy atom. The Balaban J connectivity index is 2.76. The van der Waals surface area contributed by atoms with Crippen LogP contribution in [0, 0.1) is 0 Å². The van der Waals surface area contributed by atoms with E-state index < -0.39 is 16.6 Å². The maximum Gasteiger partial charge on any atom is 0.464 e. The maximum atomic E-state index is 6.10. The summed E-state index contributed by atoms with van der Waals surface area (Å²) in [5.74, 6) is 2.03. The van der Waals surface area contributed by atoms with Crippen LogP contribution < -0.4 is 0 Å². The summed E-state index contributed by atoms with van der Waals surface area (Å²) in [4.78, 5) is 0. The smallest absolute Gasteiger partial charge is 0.451 e. The Kier molecular flexibility index (Phi) is 5.79. The molecule has 0 aromatic heterocycles. The maximum absolute atomic E-state index is 6.10. The molecule has 0 aliphatic rings. The first-order valence-corrected chi connectivity index (χ1v) is 13.6. The topological polar surface area (TPSA) is 18.5 Å². The summed E-state index contributed by atoms with van der Waals surface area (Å²) in [6, 6.07) is 10.2. The minimum absolute atomic E-state index is 0.224. The van der Waals surface area contributed by atoms with E-state index >= 15 is 0 Å². The number of benzene rings is 1. The van der Waals surface area contributed by atoms with Crippen molar-refractivity contribution >= 4 is 29.8 Å². The molecule has 1 aromatic carbocycles. The molecule has 5 heteroatoms. The first kappa shape index (κ1) is 16.4. The van der Waals surface area contributed by atoms with E-state index in [9.17, 15) is 0 Å². The first-order valence-electron chi connectivity index (χ1n) is 6.75. The zero-order valence-electron chi connectivity index (χ0n) is 12.9. The molecule has 0 aliphatic heterocycles. The van der Waals surface area contributed by atoms with Gasteiger partial charge in [0, 0.05) is 0 Å². The molecule has 0 saturated carbocycles. The molecular weight excluding hydrogens is 267 g/mol. The molecule has 19 heavy (non-hydrogen) atoms. The fourth-order valence-electron chi connectivity index (χ4n) is 1.55. The van der Waals surface area contributed by atoms with E-state index in [0.717, 1.165) is 0 Å². The fourth-order valence-corrected chi connectivity index (χ4v) is 3.30. The van der Waals surface area contributed by atoms with Crippen molar-refractivity contribution in [2.24, 2.45) is 0 Å². The molecule has 0 heterocycles. The summed E-state index contributed by atoms with van der Waals surface area (Å²) in [5.41, 5.74) is 1.17. The van der Waals surface area contributed by atoms with Gasteiger partial charge in [-0.2, -0.15) is 0 Å². The minimum Gasteiger partial charge on any atom is -0.451 e. The van der Waals surface area contributed by atoms with Crippen LogP contribution in [-0.4, -0.2) is 23.8 Å². The fraction of sp³-hybridized carbons (Fsp3) is 0.429. The molecule has 0 bridgehead atoms. The number of hydrogen-bond donors (Lipinski definition) is 0. The highest BCUT2D eigenvalue weighted by Crippen LogP contribution is 2.13. The van der Waals surface area contributed by atoms with Crippen LogP contribution in [-0.2, 0) is 8.69 Å².